The zero-order valence-corrected chi connectivity index (χ0v) is 15.9. The largest absolute Gasteiger partial charge is 0.455 e. The Kier molecular flexibility index (Phi) is 6.18. The first-order chi connectivity index (χ1) is 14.5. The van der Waals surface area contributed by atoms with E-state index in [2.05, 4.69) is 5.32 Å². The third-order valence-electron chi connectivity index (χ3n) is 4.56. The van der Waals surface area contributed by atoms with Gasteiger partial charge in [-0.2, -0.15) is 13.2 Å². The van der Waals surface area contributed by atoms with Crippen LogP contribution in [0.2, 0.25) is 0 Å². The fourth-order valence-corrected chi connectivity index (χ4v) is 3.06. The number of urea groups is 1. The monoisotopic (exact) mass is 444 g/mol. The number of aliphatic hydroxyl groups excluding tert-OH is 2. The van der Waals surface area contributed by atoms with E-state index in [1.165, 1.54) is 31.2 Å². The van der Waals surface area contributed by atoms with Crippen LogP contribution in [-0.4, -0.2) is 29.0 Å². The Labute approximate surface area is 172 Å². The summed E-state index contributed by atoms with van der Waals surface area (Å²) in [7, 11) is 0. The molecule has 0 radical (unpaired) electrons. The van der Waals surface area contributed by atoms with E-state index in [4.69, 9.17) is 9.52 Å². The molecule has 1 heterocycles. The Bertz CT molecular complexity index is 1110. The van der Waals surface area contributed by atoms with E-state index < -0.39 is 53.9 Å². The normalized spacial score (nSPS) is 13.8. The van der Waals surface area contributed by atoms with Crippen LogP contribution in [0.1, 0.15) is 29.0 Å². The first-order valence-electron chi connectivity index (χ1n) is 8.92. The van der Waals surface area contributed by atoms with Gasteiger partial charge in [-0.25, -0.2) is 13.6 Å². The highest BCUT2D eigenvalue weighted by Gasteiger charge is 2.45. The van der Waals surface area contributed by atoms with Gasteiger partial charge in [-0.15, -0.1) is 0 Å². The molecule has 0 saturated heterocycles. The minimum absolute atomic E-state index is 0.0536. The third kappa shape index (κ3) is 4.78. The van der Waals surface area contributed by atoms with Gasteiger partial charge in [-0.1, -0.05) is 12.1 Å². The molecule has 1 aromatic heterocycles. The molecule has 31 heavy (non-hydrogen) atoms. The molecule has 0 aliphatic carbocycles. The number of rotatable bonds is 5. The predicted octanol–water partition coefficient (Wildman–Crippen LogP) is 4.47. The summed E-state index contributed by atoms with van der Waals surface area (Å²) >= 11 is 0. The molecule has 3 aromatic rings. The van der Waals surface area contributed by atoms with E-state index in [9.17, 15) is 31.9 Å². The predicted molar refractivity (Wildman–Crippen MR) is 100 cm³/mol. The van der Waals surface area contributed by atoms with Crippen molar-refractivity contribution in [3.8, 4) is 0 Å². The molecular formula is C20H17F5N2O4. The number of benzene rings is 2. The Morgan fingerprint density at radius 1 is 1.19 bits per heavy atom. The van der Waals surface area contributed by atoms with E-state index in [0.717, 1.165) is 6.07 Å². The van der Waals surface area contributed by atoms with Crippen molar-refractivity contribution in [3.63, 3.8) is 0 Å². The molecule has 6 nitrogen and oxygen atoms in total. The lowest BCUT2D eigenvalue weighted by molar-refractivity contribution is -0.158. The van der Waals surface area contributed by atoms with E-state index in [1.807, 2.05) is 0 Å². The zero-order valence-electron chi connectivity index (χ0n) is 15.9. The molecule has 166 valence electrons. The van der Waals surface area contributed by atoms with Crippen LogP contribution in [0.3, 0.4) is 0 Å². The lowest BCUT2D eigenvalue weighted by Crippen LogP contribution is -2.40. The number of carbonyl (C=O) groups excluding carboxylic acids is 1. The highest BCUT2D eigenvalue weighted by atomic mass is 19.4. The summed E-state index contributed by atoms with van der Waals surface area (Å²) in [5.41, 5.74) is -0.448. The lowest BCUT2D eigenvalue weighted by Gasteiger charge is -2.21. The second-order valence-electron chi connectivity index (χ2n) is 6.75. The van der Waals surface area contributed by atoms with Gasteiger partial charge in [0.1, 0.15) is 17.7 Å². The number of alkyl halides is 3. The molecule has 2 atom stereocenters. The number of aliphatic hydroxyl groups is 2. The van der Waals surface area contributed by atoms with Crippen LogP contribution in [-0.2, 0) is 0 Å². The maximum Gasteiger partial charge on any atom is 0.416 e. The number of amides is 2. The second kappa shape index (κ2) is 8.52. The van der Waals surface area contributed by atoms with Gasteiger partial charge in [-0.05, 0) is 30.7 Å². The topological polar surface area (TPSA) is 94.7 Å². The number of hydrogen-bond donors (Lipinski definition) is 4. The van der Waals surface area contributed by atoms with E-state index in [-0.39, 0.29) is 22.2 Å². The number of carbonyl (C=O) groups is 1. The van der Waals surface area contributed by atoms with Gasteiger partial charge < -0.3 is 25.3 Å². The molecule has 0 aliphatic heterocycles. The summed E-state index contributed by atoms with van der Waals surface area (Å²) in [6.45, 7) is 0.604. The van der Waals surface area contributed by atoms with Crippen LogP contribution in [0.15, 0.2) is 40.8 Å². The summed E-state index contributed by atoms with van der Waals surface area (Å²) in [5, 5.41) is 22.3. The van der Waals surface area contributed by atoms with Crippen LogP contribution in [0, 0.1) is 18.6 Å². The zero-order chi connectivity index (χ0) is 22.9. The Balaban J connectivity index is 1.90. The number of fused-ring (bicyclic) bond motifs is 1. The number of furan rings is 1. The highest BCUT2D eigenvalue weighted by Crippen LogP contribution is 2.39. The van der Waals surface area contributed by atoms with Gasteiger partial charge in [0.25, 0.3) is 0 Å². The van der Waals surface area contributed by atoms with Crippen LogP contribution >= 0.6 is 0 Å². The van der Waals surface area contributed by atoms with Gasteiger partial charge in [0.2, 0.25) is 0 Å². The fourth-order valence-electron chi connectivity index (χ4n) is 3.06. The van der Waals surface area contributed by atoms with Gasteiger partial charge in [0.05, 0.1) is 6.61 Å². The average Bonchev–Trinajstić information content (AvgIpc) is 3.01. The number of aryl methyl sites for hydroxylation is 1. The maximum atomic E-state index is 13.9. The molecule has 0 spiro atoms. The van der Waals surface area contributed by atoms with Crippen molar-refractivity contribution in [2.75, 3.05) is 11.9 Å². The molecule has 2 aromatic carbocycles. The molecular weight excluding hydrogens is 427 g/mol. The maximum absolute atomic E-state index is 13.9. The van der Waals surface area contributed by atoms with E-state index in [0.29, 0.717) is 6.07 Å². The quantitative estimate of drug-likeness (QED) is 0.437. The Morgan fingerprint density at radius 3 is 2.55 bits per heavy atom. The number of hydrogen-bond acceptors (Lipinski definition) is 4. The fraction of sp³-hybridized carbons (Fsp3) is 0.250. The number of nitrogens with one attached hydrogen (secondary N) is 2. The first-order valence-corrected chi connectivity index (χ1v) is 8.92. The smallest absolute Gasteiger partial charge is 0.416 e. The van der Waals surface area contributed by atoms with Crippen LogP contribution in [0.4, 0.5) is 32.4 Å². The molecule has 2 amide bonds. The van der Waals surface area contributed by atoms with Crippen LogP contribution < -0.4 is 10.6 Å². The lowest BCUT2D eigenvalue weighted by atomic mass is 10.1. The molecule has 0 saturated carbocycles. The van der Waals surface area contributed by atoms with Gasteiger partial charge in [0.15, 0.2) is 17.4 Å². The standard InChI is InChI=1S/C20H17F5N2O4/c1-9-13-6-11(21)7-14(22)17(13)31-16(9)18(20(23,24)25)27-19(30)26-12-4-2-3-10(5-12)15(29)8-28/h2-7,15,18,28-29H,8H2,1H3,(H2,26,27,30)/t15-,18-/m1/s1. The molecule has 0 unspecified atom stereocenters. The molecule has 0 bridgehead atoms. The van der Waals surface area contributed by atoms with Crippen molar-refractivity contribution in [2.24, 2.45) is 0 Å². The summed E-state index contributed by atoms with van der Waals surface area (Å²) in [5.74, 6) is -2.94. The molecule has 0 aliphatic rings. The van der Waals surface area contributed by atoms with Gasteiger partial charge >= 0.3 is 12.2 Å². The Hall–Kier alpha value is -3.18. The molecule has 4 N–H and O–H groups in total. The average molecular weight is 444 g/mol. The van der Waals surface area contributed by atoms with Crippen molar-refractivity contribution in [1.82, 2.24) is 5.32 Å². The minimum atomic E-state index is -5.01. The summed E-state index contributed by atoms with van der Waals surface area (Å²) in [4.78, 5) is 12.2. The van der Waals surface area contributed by atoms with Crippen molar-refractivity contribution >= 4 is 22.7 Å². The van der Waals surface area contributed by atoms with Gasteiger partial charge in [-0.3, -0.25) is 0 Å². The number of anilines is 1. The summed E-state index contributed by atoms with van der Waals surface area (Å²) < 4.78 is 73.5. The van der Waals surface area contributed by atoms with Crippen molar-refractivity contribution in [1.29, 1.82) is 0 Å². The summed E-state index contributed by atoms with van der Waals surface area (Å²) in [6.07, 6.45) is -6.25. The summed E-state index contributed by atoms with van der Waals surface area (Å²) in [6, 6.07) is 2.92. The van der Waals surface area contributed by atoms with Crippen LogP contribution in [0.25, 0.3) is 11.0 Å². The Morgan fingerprint density at radius 2 is 1.90 bits per heavy atom. The minimum Gasteiger partial charge on any atom is -0.455 e. The van der Waals surface area contributed by atoms with Crippen molar-refractivity contribution in [3.05, 3.63) is 64.9 Å². The highest BCUT2D eigenvalue weighted by molar-refractivity contribution is 5.90. The third-order valence-corrected chi connectivity index (χ3v) is 4.56. The molecule has 0 fully saturated rings. The van der Waals surface area contributed by atoms with Gasteiger partial charge in [0, 0.05) is 22.7 Å². The number of halogens is 5. The van der Waals surface area contributed by atoms with Crippen LogP contribution in [0.5, 0.6) is 0 Å². The van der Waals surface area contributed by atoms with Crippen molar-refractivity contribution in [2.45, 2.75) is 25.2 Å². The molecule has 3 rings (SSSR count). The van der Waals surface area contributed by atoms with Crippen molar-refractivity contribution < 1.29 is 41.4 Å². The molecule has 11 heteroatoms. The second-order valence-corrected chi connectivity index (χ2v) is 6.75. The first kappa shape index (κ1) is 22.5. The van der Waals surface area contributed by atoms with E-state index in [1.54, 1.807) is 5.32 Å². The SMILES string of the molecule is Cc1c([C@@H](NC(=O)Nc2cccc([C@H](O)CO)c2)C(F)(F)F)oc2c(F)cc(F)cc12. The van der Waals surface area contributed by atoms with E-state index >= 15 is 0 Å².